The average molecular weight is 505 g/mol. The van der Waals surface area contributed by atoms with Gasteiger partial charge in [-0.1, -0.05) is 24.3 Å². The highest BCUT2D eigenvalue weighted by Gasteiger charge is 2.19. The molecule has 0 atom stereocenters. The van der Waals surface area contributed by atoms with Gasteiger partial charge in [-0.3, -0.25) is 14.2 Å². The molecule has 6 rings (SSSR count). The van der Waals surface area contributed by atoms with Crippen LogP contribution in [0.15, 0.2) is 71.9 Å². The van der Waals surface area contributed by atoms with Gasteiger partial charge >= 0.3 is 0 Å². The zero-order valence-electron chi connectivity index (χ0n) is 21.7. The summed E-state index contributed by atoms with van der Waals surface area (Å²) in [5.74, 6) is -0.492. The van der Waals surface area contributed by atoms with Gasteiger partial charge in [0.05, 0.1) is 22.5 Å². The monoisotopic (exact) mass is 504 g/mol. The fraction of sp³-hybridized carbons (Fsp3) is 0.167. The summed E-state index contributed by atoms with van der Waals surface area (Å²) in [5, 5.41) is 5.33. The number of hydrogen-bond donors (Lipinski definition) is 3. The number of aryl methyl sites for hydroxylation is 1. The highest BCUT2D eigenvalue weighted by atomic mass is 16.1. The van der Waals surface area contributed by atoms with E-state index in [0.717, 1.165) is 50.0 Å². The molecule has 0 spiro atoms. The summed E-state index contributed by atoms with van der Waals surface area (Å²) in [6.45, 7) is 8.05. The number of amides is 1. The number of carbonyl (C=O) groups is 1. The highest BCUT2D eigenvalue weighted by molar-refractivity contribution is 6.20. The van der Waals surface area contributed by atoms with Crippen molar-refractivity contribution in [2.45, 2.75) is 33.7 Å². The van der Waals surface area contributed by atoms with E-state index in [1.807, 2.05) is 56.6 Å². The first-order valence-corrected chi connectivity index (χ1v) is 12.5. The fourth-order valence-corrected chi connectivity index (χ4v) is 5.33. The van der Waals surface area contributed by atoms with Crippen LogP contribution in [0.5, 0.6) is 0 Å². The van der Waals surface area contributed by atoms with Gasteiger partial charge < -0.3 is 20.4 Å². The fourth-order valence-electron chi connectivity index (χ4n) is 5.33. The Hall–Kier alpha value is -4.85. The van der Waals surface area contributed by atoms with Gasteiger partial charge in [0.25, 0.3) is 11.5 Å². The minimum absolute atomic E-state index is 0.188. The second-order valence-corrected chi connectivity index (χ2v) is 10.00. The van der Waals surface area contributed by atoms with Gasteiger partial charge in [-0.2, -0.15) is 0 Å². The molecule has 0 aliphatic rings. The van der Waals surface area contributed by atoms with E-state index in [1.54, 1.807) is 21.2 Å². The Morgan fingerprint density at radius 3 is 2.63 bits per heavy atom. The van der Waals surface area contributed by atoms with Gasteiger partial charge in [-0.15, -0.1) is 0 Å². The van der Waals surface area contributed by atoms with Crippen LogP contribution in [0.2, 0.25) is 0 Å². The first-order chi connectivity index (χ1) is 18.2. The highest BCUT2D eigenvalue weighted by Crippen LogP contribution is 2.39. The van der Waals surface area contributed by atoms with Crippen LogP contribution in [-0.2, 0) is 0 Å². The van der Waals surface area contributed by atoms with Crippen molar-refractivity contribution in [3.8, 4) is 16.8 Å². The first-order valence-electron chi connectivity index (χ1n) is 12.5. The van der Waals surface area contributed by atoms with Gasteiger partial charge in [-0.05, 0) is 68.7 Å². The zero-order chi connectivity index (χ0) is 26.7. The summed E-state index contributed by atoms with van der Waals surface area (Å²) < 4.78 is 3.38. The van der Waals surface area contributed by atoms with Crippen molar-refractivity contribution in [1.82, 2.24) is 18.9 Å². The molecule has 0 fully saturated rings. The molecule has 0 saturated carbocycles. The molecule has 1 amide bonds. The number of fused-ring (bicyclic) bond motifs is 4. The summed E-state index contributed by atoms with van der Waals surface area (Å²) in [5.41, 5.74) is 13.4. The van der Waals surface area contributed by atoms with Gasteiger partial charge in [-0.25, -0.2) is 4.98 Å². The van der Waals surface area contributed by atoms with Crippen molar-refractivity contribution < 1.29 is 4.79 Å². The van der Waals surface area contributed by atoms with E-state index in [2.05, 4.69) is 41.3 Å². The molecule has 0 radical (unpaired) electrons. The predicted molar refractivity (Wildman–Crippen MR) is 152 cm³/mol. The standard InChI is InChI=1S/C30H28N6O2/c1-16(2)32-19-8-9-22-24(14-19)34-27-23(28(31)37)11-10-21(26(22)27)20-6-5-7-25(18(20)4)36-13-12-35-15-17(3)33-29(35)30(36)38/h5-16,32,34H,1-4H3,(H2,31,37). The van der Waals surface area contributed by atoms with Crippen LogP contribution in [-0.4, -0.2) is 30.9 Å². The number of benzene rings is 3. The van der Waals surface area contributed by atoms with E-state index < -0.39 is 5.91 Å². The third-order valence-electron chi connectivity index (χ3n) is 6.97. The van der Waals surface area contributed by atoms with E-state index in [-0.39, 0.29) is 11.6 Å². The number of nitrogens with zero attached hydrogens (tertiary/aromatic N) is 3. The molecule has 0 bridgehead atoms. The molecule has 0 aliphatic heterocycles. The Bertz CT molecular complexity index is 1960. The molecule has 0 unspecified atom stereocenters. The molecule has 6 aromatic rings. The van der Waals surface area contributed by atoms with E-state index >= 15 is 0 Å². The number of rotatable bonds is 5. The molecular formula is C30H28N6O2. The van der Waals surface area contributed by atoms with E-state index in [9.17, 15) is 9.59 Å². The molecule has 4 N–H and O–H groups in total. The third kappa shape index (κ3) is 3.64. The van der Waals surface area contributed by atoms with Crippen LogP contribution in [0.25, 0.3) is 44.3 Å². The Morgan fingerprint density at radius 2 is 1.87 bits per heavy atom. The first kappa shape index (κ1) is 23.5. The van der Waals surface area contributed by atoms with Gasteiger partial charge in [0.15, 0.2) is 0 Å². The second-order valence-electron chi connectivity index (χ2n) is 10.00. The normalized spacial score (nSPS) is 11.7. The number of nitrogens with one attached hydrogen (secondary N) is 2. The molecule has 8 heteroatoms. The number of aromatic nitrogens is 4. The molecule has 8 nitrogen and oxygen atoms in total. The Morgan fingerprint density at radius 1 is 1.05 bits per heavy atom. The topological polar surface area (TPSA) is 110 Å². The summed E-state index contributed by atoms with van der Waals surface area (Å²) in [7, 11) is 0. The summed E-state index contributed by atoms with van der Waals surface area (Å²) in [6, 6.07) is 16.0. The molecule has 38 heavy (non-hydrogen) atoms. The third-order valence-corrected chi connectivity index (χ3v) is 6.97. The van der Waals surface area contributed by atoms with Crippen molar-refractivity contribution in [3.63, 3.8) is 0 Å². The van der Waals surface area contributed by atoms with Crippen LogP contribution in [0.3, 0.4) is 0 Å². The van der Waals surface area contributed by atoms with Crippen LogP contribution < -0.4 is 16.6 Å². The van der Waals surface area contributed by atoms with Crippen molar-refractivity contribution >= 4 is 39.0 Å². The number of nitrogens with two attached hydrogens (primary N) is 1. The maximum atomic E-state index is 13.3. The lowest BCUT2D eigenvalue weighted by Crippen LogP contribution is -2.20. The van der Waals surface area contributed by atoms with Crippen LogP contribution in [0.1, 0.15) is 35.5 Å². The number of aromatic amines is 1. The van der Waals surface area contributed by atoms with Crippen molar-refractivity contribution in [3.05, 3.63) is 94.3 Å². The average Bonchev–Trinajstić information content (AvgIpc) is 3.44. The summed E-state index contributed by atoms with van der Waals surface area (Å²) >= 11 is 0. The predicted octanol–water partition coefficient (Wildman–Crippen LogP) is 5.32. The zero-order valence-corrected chi connectivity index (χ0v) is 21.7. The van der Waals surface area contributed by atoms with E-state index in [1.165, 1.54) is 0 Å². The number of H-pyrrole nitrogens is 1. The van der Waals surface area contributed by atoms with Gasteiger partial charge in [0, 0.05) is 46.6 Å². The smallest absolute Gasteiger partial charge is 0.298 e. The molecule has 3 aromatic heterocycles. The summed E-state index contributed by atoms with van der Waals surface area (Å²) in [6.07, 6.45) is 5.44. The Labute approximate surface area is 218 Å². The number of anilines is 1. The van der Waals surface area contributed by atoms with Crippen LogP contribution in [0, 0.1) is 13.8 Å². The summed E-state index contributed by atoms with van der Waals surface area (Å²) in [4.78, 5) is 33.5. The number of carbonyl (C=O) groups excluding carboxylic acids is 1. The molecule has 0 aliphatic carbocycles. The second kappa shape index (κ2) is 8.62. The number of hydrogen-bond acceptors (Lipinski definition) is 4. The van der Waals surface area contributed by atoms with Gasteiger partial charge in [0.2, 0.25) is 5.65 Å². The molecule has 0 saturated heterocycles. The maximum absolute atomic E-state index is 13.3. The lowest BCUT2D eigenvalue weighted by Gasteiger charge is -2.15. The molecule has 190 valence electrons. The quantitative estimate of drug-likeness (QED) is 0.295. The largest absolute Gasteiger partial charge is 0.383 e. The number of imidazole rings is 1. The van der Waals surface area contributed by atoms with Crippen LogP contribution >= 0.6 is 0 Å². The van der Waals surface area contributed by atoms with Crippen molar-refractivity contribution in [2.75, 3.05) is 5.32 Å². The van der Waals surface area contributed by atoms with Gasteiger partial charge in [0.1, 0.15) is 0 Å². The van der Waals surface area contributed by atoms with E-state index in [0.29, 0.717) is 16.7 Å². The number of primary amides is 1. The molecule has 3 aromatic carbocycles. The minimum Gasteiger partial charge on any atom is -0.383 e. The lowest BCUT2D eigenvalue weighted by molar-refractivity contribution is 0.100. The van der Waals surface area contributed by atoms with Crippen molar-refractivity contribution in [1.29, 1.82) is 0 Å². The molecular weight excluding hydrogens is 476 g/mol. The Balaban J connectivity index is 1.61. The Kier molecular flexibility index (Phi) is 5.34. The van der Waals surface area contributed by atoms with Crippen molar-refractivity contribution in [2.24, 2.45) is 5.73 Å². The lowest BCUT2D eigenvalue weighted by atomic mass is 9.93. The minimum atomic E-state index is -0.492. The maximum Gasteiger partial charge on any atom is 0.298 e. The van der Waals surface area contributed by atoms with Crippen LogP contribution in [0.4, 0.5) is 5.69 Å². The van der Waals surface area contributed by atoms with E-state index in [4.69, 9.17) is 5.73 Å². The SMILES string of the molecule is Cc1cn2ccn(-c3cccc(-c4ccc(C(N)=O)c5[nH]c6cc(NC(C)C)ccc6c45)c3C)c(=O)c2n1. The molecule has 3 heterocycles.